The first-order chi connectivity index (χ1) is 5.29. The molecule has 1 aliphatic heterocycles. The van der Waals surface area contributed by atoms with Gasteiger partial charge in [0.25, 0.3) is 0 Å². The topological polar surface area (TPSA) is 76.8 Å². The van der Waals surface area contributed by atoms with Crippen LogP contribution in [0.1, 0.15) is 12.8 Å². The highest BCUT2D eigenvalue weighted by molar-refractivity contribution is 8.00. The van der Waals surface area contributed by atoms with E-state index in [0.29, 0.717) is 0 Å². The number of nitrogens with zero attached hydrogens (tertiary/aromatic N) is 2. The number of rotatable bonds is 1. The summed E-state index contributed by atoms with van der Waals surface area (Å²) < 4.78 is 0. The summed E-state index contributed by atoms with van der Waals surface area (Å²) in [6.45, 7) is 0. The summed E-state index contributed by atoms with van der Waals surface area (Å²) in [5.41, 5.74) is 11.3. The number of guanidine groups is 1. The first-order valence-electron chi connectivity index (χ1n) is 3.51. The standard InChI is InChI=1S/C6H12N4S/c7-6(8)10-9-5-2-1-3-11-4-5/h1-4H2,(H4,7,8,10). The second-order valence-electron chi connectivity index (χ2n) is 2.35. The van der Waals surface area contributed by atoms with E-state index in [1.807, 2.05) is 11.8 Å². The second-order valence-corrected chi connectivity index (χ2v) is 3.45. The van der Waals surface area contributed by atoms with Crippen LogP contribution in [0.2, 0.25) is 0 Å². The van der Waals surface area contributed by atoms with Crippen molar-refractivity contribution in [2.75, 3.05) is 11.5 Å². The van der Waals surface area contributed by atoms with Crippen LogP contribution in [0.15, 0.2) is 10.2 Å². The lowest BCUT2D eigenvalue weighted by Crippen LogP contribution is -2.22. The minimum atomic E-state index is 0.0353. The van der Waals surface area contributed by atoms with E-state index in [-0.39, 0.29) is 5.96 Å². The molecule has 0 radical (unpaired) electrons. The number of hydrogen-bond acceptors (Lipinski definition) is 3. The molecular formula is C6H12N4S. The van der Waals surface area contributed by atoms with Gasteiger partial charge in [0.15, 0.2) is 0 Å². The van der Waals surface area contributed by atoms with Crippen molar-refractivity contribution in [3.8, 4) is 0 Å². The molecule has 4 nitrogen and oxygen atoms in total. The molecule has 4 N–H and O–H groups in total. The molecular weight excluding hydrogens is 160 g/mol. The fourth-order valence-corrected chi connectivity index (χ4v) is 1.78. The van der Waals surface area contributed by atoms with Crippen molar-refractivity contribution in [1.29, 1.82) is 0 Å². The predicted molar refractivity (Wildman–Crippen MR) is 49.8 cm³/mol. The molecule has 0 aromatic rings. The Morgan fingerprint density at radius 2 is 2.27 bits per heavy atom. The fourth-order valence-electron chi connectivity index (χ4n) is 0.848. The van der Waals surface area contributed by atoms with Gasteiger partial charge in [0.05, 0.1) is 5.71 Å². The van der Waals surface area contributed by atoms with Crippen molar-refractivity contribution in [3.05, 3.63) is 0 Å². The van der Waals surface area contributed by atoms with Gasteiger partial charge in [-0.3, -0.25) is 0 Å². The third-order valence-electron chi connectivity index (χ3n) is 1.33. The maximum absolute atomic E-state index is 5.12. The van der Waals surface area contributed by atoms with Crippen molar-refractivity contribution in [1.82, 2.24) is 0 Å². The van der Waals surface area contributed by atoms with Gasteiger partial charge in [0.2, 0.25) is 5.96 Å². The molecule has 0 bridgehead atoms. The zero-order chi connectivity index (χ0) is 8.10. The molecule has 1 saturated heterocycles. The summed E-state index contributed by atoms with van der Waals surface area (Å²) in [5, 5.41) is 7.51. The molecule has 0 aliphatic carbocycles. The summed E-state index contributed by atoms with van der Waals surface area (Å²) in [5.74, 6) is 2.23. The average Bonchev–Trinajstić information content (AvgIpc) is 2.03. The lowest BCUT2D eigenvalue weighted by molar-refractivity contribution is 0.975. The second kappa shape index (κ2) is 4.23. The zero-order valence-electron chi connectivity index (χ0n) is 6.29. The SMILES string of the molecule is NC(N)=NN=C1CCCSC1. The number of nitrogens with two attached hydrogens (primary N) is 2. The van der Waals surface area contributed by atoms with Crippen LogP contribution < -0.4 is 11.5 Å². The Labute approximate surface area is 70.1 Å². The molecule has 0 unspecified atom stereocenters. The highest BCUT2D eigenvalue weighted by Gasteiger charge is 2.05. The molecule has 0 atom stereocenters. The van der Waals surface area contributed by atoms with Crippen molar-refractivity contribution in [3.63, 3.8) is 0 Å². The van der Waals surface area contributed by atoms with Crippen LogP contribution in [-0.2, 0) is 0 Å². The lowest BCUT2D eigenvalue weighted by Gasteiger charge is -2.09. The van der Waals surface area contributed by atoms with E-state index in [9.17, 15) is 0 Å². The number of thioether (sulfide) groups is 1. The Bertz CT molecular complexity index is 175. The Hall–Kier alpha value is -0.710. The Kier molecular flexibility index (Phi) is 3.22. The minimum absolute atomic E-state index is 0.0353. The van der Waals surface area contributed by atoms with Crippen LogP contribution in [0.4, 0.5) is 0 Å². The van der Waals surface area contributed by atoms with Crippen molar-refractivity contribution >= 4 is 23.4 Å². The summed E-state index contributed by atoms with van der Waals surface area (Å²) >= 11 is 1.87. The fraction of sp³-hybridized carbons (Fsp3) is 0.667. The van der Waals surface area contributed by atoms with Crippen LogP contribution in [0, 0.1) is 0 Å². The Morgan fingerprint density at radius 3 is 2.82 bits per heavy atom. The monoisotopic (exact) mass is 172 g/mol. The summed E-state index contributed by atoms with van der Waals surface area (Å²) in [6.07, 6.45) is 2.22. The molecule has 1 fully saturated rings. The quantitative estimate of drug-likeness (QED) is 0.335. The van der Waals surface area contributed by atoms with Crippen molar-refractivity contribution in [2.45, 2.75) is 12.8 Å². The van der Waals surface area contributed by atoms with Gasteiger partial charge in [0, 0.05) is 5.75 Å². The van der Waals surface area contributed by atoms with E-state index < -0.39 is 0 Å². The largest absolute Gasteiger partial charge is 0.369 e. The smallest absolute Gasteiger partial charge is 0.211 e. The van der Waals surface area contributed by atoms with E-state index in [1.54, 1.807) is 0 Å². The highest BCUT2D eigenvalue weighted by Crippen LogP contribution is 2.14. The molecule has 1 rings (SSSR count). The average molecular weight is 172 g/mol. The molecule has 0 aromatic carbocycles. The first-order valence-corrected chi connectivity index (χ1v) is 4.66. The zero-order valence-corrected chi connectivity index (χ0v) is 7.10. The molecule has 1 heterocycles. The third kappa shape index (κ3) is 3.27. The molecule has 0 aromatic heterocycles. The molecule has 0 spiro atoms. The highest BCUT2D eigenvalue weighted by atomic mass is 32.2. The van der Waals surface area contributed by atoms with Gasteiger partial charge in [-0.2, -0.15) is 16.9 Å². The maximum Gasteiger partial charge on any atom is 0.211 e. The van der Waals surface area contributed by atoms with E-state index in [2.05, 4.69) is 10.2 Å². The molecule has 62 valence electrons. The van der Waals surface area contributed by atoms with Gasteiger partial charge < -0.3 is 11.5 Å². The van der Waals surface area contributed by atoms with Gasteiger partial charge >= 0.3 is 0 Å². The molecule has 1 aliphatic rings. The van der Waals surface area contributed by atoms with E-state index in [4.69, 9.17) is 11.5 Å². The van der Waals surface area contributed by atoms with Crippen LogP contribution >= 0.6 is 11.8 Å². The first kappa shape index (κ1) is 8.39. The maximum atomic E-state index is 5.12. The van der Waals surface area contributed by atoms with Crippen LogP contribution in [0.3, 0.4) is 0 Å². The third-order valence-corrected chi connectivity index (χ3v) is 2.44. The van der Waals surface area contributed by atoms with Crippen molar-refractivity contribution in [2.24, 2.45) is 21.7 Å². The lowest BCUT2D eigenvalue weighted by atomic mass is 10.2. The Balaban J connectivity index is 2.44. The van der Waals surface area contributed by atoms with Crippen LogP contribution in [0.25, 0.3) is 0 Å². The summed E-state index contributed by atoms with van der Waals surface area (Å²) in [6, 6.07) is 0. The van der Waals surface area contributed by atoms with E-state index in [0.717, 1.165) is 17.9 Å². The van der Waals surface area contributed by atoms with Gasteiger partial charge in [-0.25, -0.2) is 0 Å². The van der Waals surface area contributed by atoms with Crippen LogP contribution in [-0.4, -0.2) is 23.2 Å². The summed E-state index contributed by atoms with van der Waals surface area (Å²) in [4.78, 5) is 0. The van der Waals surface area contributed by atoms with Gasteiger partial charge in [-0.1, -0.05) is 0 Å². The Morgan fingerprint density at radius 1 is 1.45 bits per heavy atom. The van der Waals surface area contributed by atoms with Crippen LogP contribution in [0.5, 0.6) is 0 Å². The van der Waals surface area contributed by atoms with Crippen molar-refractivity contribution < 1.29 is 0 Å². The molecule has 0 saturated carbocycles. The minimum Gasteiger partial charge on any atom is -0.369 e. The number of hydrogen-bond donors (Lipinski definition) is 2. The predicted octanol–water partition coefficient (Wildman–Crippen LogP) is 0.143. The van der Waals surface area contributed by atoms with E-state index >= 15 is 0 Å². The molecule has 5 heteroatoms. The normalized spacial score (nSPS) is 21.6. The molecule has 11 heavy (non-hydrogen) atoms. The van der Waals surface area contributed by atoms with Gasteiger partial charge in [-0.15, -0.1) is 5.10 Å². The van der Waals surface area contributed by atoms with Gasteiger partial charge in [-0.05, 0) is 18.6 Å². The molecule has 0 amide bonds. The summed E-state index contributed by atoms with van der Waals surface area (Å²) in [7, 11) is 0. The van der Waals surface area contributed by atoms with E-state index in [1.165, 1.54) is 12.2 Å². The van der Waals surface area contributed by atoms with Gasteiger partial charge in [0.1, 0.15) is 0 Å².